The van der Waals surface area contributed by atoms with Gasteiger partial charge in [0.25, 0.3) is 5.91 Å². The number of nitrogens with zero attached hydrogens (tertiary/aromatic N) is 5. The summed E-state index contributed by atoms with van der Waals surface area (Å²) in [5, 5.41) is 11.5. The first kappa shape index (κ1) is 27.4. The van der Waals surface area contributed by atoms with E-state index >= 15 is 0 Å². The van der Waals surface area contributed by atoms with E-state index in [-0.39, 0.29) is 40.6 Å². The molecule has 2 unspecified atom stereocenters. The van der Waals surface area contributed by atoms with Crippen LogP contribution in [0, 0.1) is 5.82 Å². The number of hydrogen-bond acceptors (Lipinski definition) is 7. The molecular weight excluding hydrogens is 511 g/mol. The number of anilines is 1. The number of aromatic nitrogens is 3. The number of rotatable bonds is 4. The summed E-state index contributed by atoms with van der Waals surface area (Å²) in [5.41, 5.74) is 6.45. The summed E-state index contributed by atoms with van der Waals surface area (Å²) < 4.78 is 15.0. The molecule has 3 aliphatic heterocycles. The van der Waals surface area contributed by atoms with Crippen molar-refractivity contribution in [1.82, 2.24) is 35.0 Å². The third-order valence-electron chi connectivity index (χ3n) is 9.89. The van der Waals surface area contributed by atoms with Gasteiger partial charge in [-0.3, -0.25) is 14.5 Å². The van der Waals surface area contributed by atoms with Gasteiger partial charge >= 0.3 is 0 Å². The molecule has 218 valence electrons. The molecule has 1 saturated carbocycles. The van der Waals surface area contributed by atoms with Crippen LogP contribution in [0.4, 0.5) is 10.2 Å². The fourth-order valence-corrected chi connectivity index (χ4v) is 7.89. The van der Waals surface area contributed by atoms with Crippen LogP contribution in [-0.2, 0) is 4.79 Å². The van der Waals surface area contributed by atoms with E-state index in [1.54, 1.807) is 0 Å². The summed E-state index contributed by atoms with van der Waals surface area (Å²) in [6.07, 6.45) is 16.0. The maximum Gasteiger partial charge on any atom is 0.259 e. The molecule has 5 heterocycles. The molecule has 4 N–H and O–H groups in total. The Balaban J connectivity index is 1.28. The average molecular weight is 555 g/mol. The zero-order chi connectivity index (χ0) is 27.7. The van der Waals surface area contributed by atoms with Gasteiger partial charge in [0.05, 0.1) is 18.4 Å². The fourth-order valence-electron chi connectivity index (χ4n) is 7.89. The minimum atomic E-state index is -0.540. The van der Waals surface area contributed by atoms with E-state index in [4.69, 9.17) is 5.73 Å². The van der Waals surface area contributed by atoms with Gasteiger partial charge in [0.1, 0.15) is 5.56 Å². The third kappa shape index (κ3) is 5.30. The molecule has 10 nitrogen and oxygen atoms in total. The molecule has 6 rings (SSSR count). The number of nitrogens with two attached hydrogens (primary N) is 1. The maximum absolute atomic E-state index is 14.0. The number of fused-ring (bicyclic) bond motifs is 1. The smallest absolute Gasteiger partial charge is 0.259 e. The summed E-state index contributed by atoms with van der Waals surface area (Å²) in [6, 6.07) is 0.381. The van der Waals surface area contributed by atoms with Crippen LogP contribution in [0.25, 0.3) is 5.65 Å². The molecule has 2 atom stereocenters. The lowest BCUT2D eigenvalue weighted by molar-refractivity contribution is -0.130. The Morgan fingerprint density at radius 2 is 1.77 bits per heavy atom. The lowest BCUT2D eigenvalue weighted by Crippen LogP contribution is -2.72. The van der Waals surface area contributed by atoms with Gasteiger partial charge in [0, 0.05) is 43.7 Å². The Bertz CT molecular complexity index is 1220. The minimum absolute atomic E-state index is 0.0514. The Morgan fingerprint density at radius 3 is 2.48 bits per heavy atom. The number of piperidine rings is 2. The van der Waals surface area contributed by atoms with Gasteiger partial charge in [-0.2, -0.15) is 0 Å². The van der Waals surface area contributed by atoms with Crippen LogP contribution < -0.4 is 16.4 Å². The number of carbonyl (C=O) groups is 2. The van der Waals surface area contributed by atoms with Gasteiger partial charge < -0.3 is 21.3 Å². The number of nitrogen functional groups attached to an aromatic ring is 1. The van der Waals surface area contributed by atoms with Crippen LogP contribution in [0.5, 0.6) is 0 Å². The third-order valence-corrected chi connectivity index (χ3v) is 9.89. The average Bonchev–Trinajstić information content (AvgIpc) is 3.55. The van der Waals surface area contributed by atoms with Gasteiger partial charge in [-0.25, -0.2) is 13.9 Å². The molecular formula is C29H43FN8O2. The van der Waals surface area contributed by atoms with Crippen LogP contribution in [0.1, 0.15) is 93.8 Å². The Morgan fingerprint density at radius 1 is 1.05 bits per heavy atom. The zero-order valence-electron chi connectivity index (χ0n) is 23.4. The van der Waals surface area contributed by atoms with Crippen LogP contribution in [0.15, 0.2) is 12.4 Å². The van der Waals surface area contributed by atoms with Crippen LogP contribution in [0.2, 0.25) is 0 Å². The number of carbonyl (C=O) groups excluding carboxylic acids is 2. The molecule has 0 aromatic carbocycles. The molecule has 3 saturated heterocycles. The van der Waals surface area contributed by atoms with Crippen molar-refractivity contribution in [2.75, 3.05) is 31.9 Å². The van der Waals surface area contributed by atoms with E-state index in [9.17, 15) is 14.0 Å². The first-order chi connectivity index (χ1) is 19.4. The first-order valence-electron chi connectivity index (χ1n) is 15.3. The van der Waals surface area contributed by atoms with Gasteiger partial charge in [-0.15, -0.1) is 5.10 Å². The fraction of sp³-hybridized carbons (Fsp3) is 0.724. The number of amides is 2. The number of likely N-dealkylation sites (tertiary alicyclic amines) is 2. The largest absolute Gasteiger partial charge is 0.381 e. The molecule has 2 amide bonds. The summed E-state index contributed by atoms with van der Waals surface area (Å²) >= 11 is 0. The van der Waals surface area contributed by atoms with Gasteiger partial charge in [0.15, 0.2) is 17.3 Å². The number of nitrogens with one attached hydrogen (secondary N) is 2. The summed E-state index contributed by atoms with van der Waals surface area (Å²) in [5.74, 6) is -0.491. The summed E-state index contributed by atoms with van der Waals surface area (Å²) in [7, 11) is 0. The van der Waals surface area contributed by atoms with Crippen molar-refractivity contribution in [1.29, 1.82) is 0 Å². The van der Waals surface area contributed by atoms with Crippen molar-refractivity contribution in [3.63, 3.8) is 0 Å². The van der Waals surface area contributed by atoms with Gasteiger partial charge in [0.2, 0.25) is 5.91 Å². The SMILES string of the molecule is Nc1nn2cc(F)cnc2c1C(=O)NC1C(N2CCC(N3CCCC3=O)CC2)CCNC12CCCCCCCC2. The lowest BCUT2D eigenvalue weighted by atomic mass is 9.73. The second-order valence-corrected chi connectivity index (χ2v) is 12.3. The Kier molecular flexibility index (Phi) is 7.94. The van der Waals surface area contributed by atoms with Gasteiger partial charge in [-0.1, -0.05) is 38.5 Å². The van der Waals surface area contributed by atoms with Crippen LogP contribution in [-0.4, -0.2) is 86.1 Å². The highest BCUT2D eigenvalue weighted by Crippen LogP contribution is 2.36. The highest BCUT2D eigenvalue weighted by atomic mass is 19.1. The molecule has 40 heavy (non-hydrogen) atoms. The van der Waals surface area contributed by atoms with Crippen molar-refractivity contribution in [2.45, 2.75) is 107 Å². The summed E-state index contributed by atoms with van der Waals surface area (Å²) in [4.78, 5) is 35.2. The van der Waals surface area contributed by atoms with E-state index in [0.717, 1.165) is 83.7 Å². The summed E-state index contributed by atoms with van der Waals surface area (Å²) in [6.45, 7) is 3.64. The zero-order valence-corrected chi connectivity index (χ0v) is 23.4. The quantitative estimate of drug-likeness (QED) is 0.532. The Hall–Kier alpha value is -2.79. The van der Waals surface area contributed by atoms with Crippen molar-refractivity contribution >= 4 is 23.3 Å². The van der Waals surface area contributed by atoms with E-state index in [1.165, 1.54) is 36.4 Å². The molecule has 0 radical (unpaired) electrons. The van der Waals surface area contributed by atoms with Crippen molar-refractivity contribution in [3.05, 3.63) is 23.8 Å². The molecule has 11 heteroatoms. The van der Waals surface area contributed by atoms with E-state index < -0.39 is 5.82 Å². The predicted molar refractivity (Wildman–Crippen MR) is 150 cm³/mol. The van der Waals surface area contributed by atoms with Crippen molar-refractivity contribution in [3.8, 4) is 0 Å². The molecule has 4 aliphatic rings. The lowest BCUT2D eigenvalue weighted by Gasteiger charge is -2.53. The molecule has 1 spiro atoms. The standard InChI is InChI=1S/C29H43FN8O2/c30-20-18-32-27-24(26(31)35-38(27)19-20)28(40)34-25-22(9-14-33-29(25)12-5-3-1-2-4-6-13-29)36-16-10-21(11-17-36)37-15-7-8-23(37)39/h18-19,21-22,25,33H,1-17H2,(H2,31,35)(H,34,40). The predicted octanol–water partition coefficient (Wildman–Crippen LogP) is 2.87. The van der Waals surface area contributed by atoms with Crippen LogP contribution in [0.3, 0.4) is 0 Å². The second-order valence-electron chi connectivity index (χ2n) is 12.3. The van der Waals surface area contributed by atoms with E-state index in [1.807, 2.05) is 0 Å². The normalized spacial score (nSPS) is 27.0. The first-order valence-corrected chi connectivity index (χ1v) is 15.3. The Labute approximate surface area is 235 Å². The molecule has 4 fully saturated rings. The molecule has 2 aromatic heterocycles. The van der Waals surface area contributed by atoms with Crippen molar-refractivity contribution in [2.24, 2.45) is 0 Å². The minimum Gasteiger partial charge on any atom is -0.381 e. The van der Waals surface area contributed by atoms with E-state index in [0.29, 0.717) is 18.4 Å². The monoisotopic (exact) mass is 554 g/mol. The highest BCUT2D eigenvalue weighted by molar-refractivity contribution is 6.04. The molecule has 0 bridgehead atoms. The topological polar surface area (TPSA) is 121 Å². The number of halogens is 1. The van der Waals surface area contributed by atoms with Gasteiger partial charge in [-0.05, 0) is 45.1 Å². The highest BCUT2D eigenvalue weighted by Gasteiger charge is 2.48. The second kappa shape index (κ2) is 11.6. The van der Waals surface area contributed by atoms with Crippen LogP contribution >= 0.6 is 0 Å². The van der Waals surface area contributed by atoms with E-state index in [2.05, 4.69) is 30.5 Å². The number of hydrogen-bond donors (Lipinski definition) is 3. The molecule has 1 aliphatic carbocycles. The maximum atomic E-state index is 14.0. The molecule has 2 aromatic rings. The van der Waals surface area contributed by atoms with Crippen molar-refractivity contribution < 1.29 is 14.0 Å².